The average Bonchev–Trinajstić information content (AvgIpc) is 2.40. The van der Waals surface area contributed by atoms with Crippen LogP contribution in [0.4, 0.5) is 0 Å². The second-order valence-electron chi connectivity index (χ2n) is 3.69. The number of hydrogen-bond acceptors (Lipinski definition) is 6. The lowest BCUT2D eigenvalue weighted by Gasteiger charge is -2.21. The topological polar surface area (TPSA) is 85.7 Å². The number of hydrogen-bond donors (Lipinski definition) is 1. The molecule has 0 aromatic carbocycles. The molecule has 1 rings (SSSR count). The van der Waals surface area contributed by atoms with Crippen LogP contribution in [0.1, 0.15) is 20.3 Å². The van der Waals surface area contributed by atoms with Gasteiger partial charge in [-0.15, -0.1) is 0 Å². The lowest BCUT2D eigenvalue weighted by atomic mass is 10.4. The van der Waals surface area contributed by atoms with E-state index in [1.165, 1.54) is 12.3 Å². The first-order valence-corrected chi connectivity index (χ1v) is 7.73. The van der Waals surface area contributed by atoms with E-state index in [4.69, 9.17) is 9.26 Å². The van der Waals surface area contributed by atoms with Crippen molar-refractivity contribution in [3.63, 3.8) is 0 Å². The molecule has 1 N–H and O–H groups in total. The van der Waals surface area contributed by atoms with E-state index in [1.807, 2.05) is 0 Å². The van der Waals surface area contributed by atoms with Crippen LogP contribution in [0.2, 0.25) is 0 Å². The fourth-order valence-electron chi connectivity index (χ4n) is 1.52. The van der Waals surface area contributed by atoms with E-state index in [2.05, 4.69) is 4.98 Å². The first-order chi connectivity index (χ1) is 9.04. The third-order valence-corrected chi connectivity index (χ3v) is 4.85. The van der Waals surface area contributed by atoms with Crippen LogP contribution < -0.4 is 5.44 Å². The highest BCUT2D eigenvalue weighted by atomic mass is 31.2. The fourth-order valence-corrected chi connectivity index (χ4v) is 3.43. The quantitative estimate of drug-likeness (QED) is 0.601. The monoisotopic (exact) mass is 287 g/mol. The number of aliphatic hydroxyl groups is 1. The maximum absolute atomic E-state index is 12.7. The van der Waals surface area contributed by atoms with Crippen molar-refractivity contribution < 1.29 is 23.7 Å². The van der Waals surface area contributed by atoms with Crippen molar-refractivity contribution in [3.8, 4) is 0 Å². The molecule has 106 valence electrons. The van der Waals surface area contributed by atoms with Gasteiger partial charge < -0.3 is 14.4 Å². The number of ether oxygens (including phenoxy) is 1. The molecule has 0 bridgehead atoms. The van der Waals surface area contributed by atoms with Crippen LogP contribution in [0.25, 0.3) is 0 Å². The molecule has 1 aromatic rings. The van der Waals surface area contributed by atoms with Crippen LogP contribution in [-0.2, 0) is 18.6 Å². The number of nitrogens with zero attached hydrogens (tertiary/aromatic N) is 1. The zero-order chi connectivity index (χ0) is 14.3. The summed E-state index contributed by atoms with van der Waals surface area (Å²) >= 11 is 0. The molecule has 2 atom stereocenters. The number of pyridine rings is 1. The lowest BCUT2D eigenvalue weighted by molar-refractivity contribution is -0.144. The first-order valence-electron chi connectivity index (χ1n) is 6.04. The summed E-state index contributed by atoms with van der Waals surface area (Å²) in [6, 6.07) is 4.81. The summed E-state index contributed by atoms with van der Waals surface area (Å²) in [5, 5.41) is 10.0. The summed E-state index contributed by atoms with van der Waals surface area (Å²) in [6.07, 6.45) is 1.07. The Kier molecular flexibility index (Phi) is 6.15. The van der Waals surface area contributed by atoms with Gasteiger partial charge in [0.1, 0.15) is 11.3 Å². The molecule has 0 fully saturated rings. The van der Waals surface area contributed by atoms with Crippen molar-refractivity contribution in [2.75, 3.05) is 13.2 Å². The van der Waals surface area contributed by atoms with Crippen LogP contribution in [0.5, 0.6) is 0 Å². The molecular formula is C12H18NO5P. The van der Waals surface area contributed by atoms with Crippen LogP contribution in [0.3, 0.4) is 0 Å². The van der Waals surface area contributed by atoms with Gasteiger partial charge in [0.05, 0.1) is 19.6 Å². The molecule has 19 heavy (non-hydrogen) atoms. The lowest BCUT2D eigenvalue weighted by Crippen LogP contribution is -2.24. The standard InChI is InChI=1S/C12H18NO5P/c1-3-17-11(14)9-12(15)19(16,18-4-2)10-7-5-6-8-13-10/h5-8,12,15H,3-4,9H2,1-2H3/i11+0. The minimum atomic E-state index is -3.60. The second-order valence-corrected chi connectivity index (χ2v) is 6.20. The van der Waals surface area contributed by atoms with Gasteiger partial charge >= 0.3 is 5.97 Å². The largest absolute Gasteiger partial charge is 0.466 e. The summed E-state index contributed by atoms with van der Waals surface area (Å²) in [4.78, 5) is 15.3. The minimum absolute atomic E-state index is 0.147. The maximum atomic E-state index is 12.7. The van der Waals surface area contributed by atoms with E-state index >= 15 is 0 Å². The Bertz CT molecular complexity index is 451. The van der Waals surface area contributed by atoms with Gasteiger partial charge in [-0.25, -0.2) is 0 Å². The number of aliphatic hydroxyl groups excluding tert-OH is 1. The highest BCUT2D eigenvalue weighted by molar-refractivity contribution is 7.67. The van der Waals surface area contributed by atoms with E-state index < -0.39 is 19.2 Å². The maximum Gasteiger partial charge on any atom is 0.309 e. The number of rotatable bonds is 7. The van der Waals surface area contributed by atoms with Crippen LogP contribution >= 0.6 is 7.37 Å². The number of carbonyl (C=O) groups is 1. The van der Waals surface area contributed by atoms with Crippen LogP contribution in [-0.4, -0.2) is 35.1 Å². The Labute approximate surface area is 112 Å². The van der Waals surface area contributed by atoms with E-state index in [1.54, 1.807) is 26.0 Å². The number of carbonyl (C=O) groups excluding carboxylic acids is 1. The highest BCUT2D eigenvalue weighted by Gasteiger charge is 2.37. The SMILES string of the molecule is CCO[12C](=O)CC(O)P(=O)(OCC)c1ccccn1. The number of esters is 1. The van der Waals surface area contributed by atoms with Crippen molar-refractivity contribution in [3.05, 3.63) is 24.4 Å². The Morgan fingerprint density at radius 2 is 2.16 bits per heavy atom. The zero-order valence-electron chi connectivity index (χ0n) is 11.0. The van der Waals surface area contributed by atoms with E-state index in [9.17, 15) is 14.5 Å². The molecular weight excluding hydrogens is 269 g/mol. The van der Waals surface area contributed by atoms with Gasteiger partial charge in [0.15, 0.2) is 0 Å². The summed E-state index contributed by atoms with van der Waals surface area (Å²) < 4.78 is 22.6. The van der Waals surface area contributed by atoms with Crippen LogP contribution in [0.15, 0.2) is 24.4 Å². The van der Waals surface area contributed by atoms with Gasteiger partial charge in [0.25, 0.3) is 7.37 Å². The van der Waals surface area contributed by atoms with E-state index in [0.717, 1.165) is 0 Å². The van der Waals surface area contributed by atoms with E-state index in [0.29, 0.717) is 0 Å². The molecule has 1 heterocycles. The predicted octanol–water partition coefficient (Wildman–Crippen LogP) is 1.29. The molecule has 1 aromatic heterocycles. The van der Waals surface area contributed by atoms with Crippen molar-refractivity contribution in [1.29, 1.82) is 0 Å². The van der Waals surface area contributed by atoms with Crippen molar-refractivity contribution in [2.24, 2.45) is 0 Å². The molecule has 0 aliphatic heterocycles. The van der Waals surface area contributed by atoms with Gasteiger partial charge in [0.2, 0.25) is 0 Å². The molecule has 0 spiro atoms. The molecule has 2 unspecified atom stereocenters. The number of aromatic nitrogens is 1. The Balaban J connectivity index is 2.93. The molecule has 0 saturated heterocycles. The molecule has 0 radical (unpaired) electrons. The van der Waals surface area contributed by atoms with E-state index in [-0.39, 0.29) is 25.1 Å². The van der Waals surface area contributed by atoms with Crippen molar-refractivity contribution in [2.45, 2.75) is 26.1 Å². The van der Waals surface area contributed by atoms with Gasteiger partial charge in [-0.3, -0.25) is 14.3 Å². The highest BCUT2D eigenvalue weighted by Crippen LogP contribution is 2.50. The van der Waals surface area contributed by atoms with Crippen LogP contribution in [0, 0.1) is 0 Å². The zero-order valence-corrected chi connectivity index (χ0v) is 11.9. The fraction of sp³-hybridized carbons (Fsp3) is 0.500. The summed E-state index contributed by atoms with van der Waals surface area (Å²) in [5.41, 5.74) is 0.147. The Morgan fingerprint density at radius 1 is 1.42 bits per heavy atom. The smallest absolute Gasteiger partial charge is 0.309 e. The van der Waals surface area contributed by atoms with Crippen molar-refractivity contribution >= 4 is 18.8 Å². The normalized spacial score (nSPS) is 15.5. The molecule has 0 aliphatic rings. The summed E-state index contributed by atoms with van der Waals surface area (Å²) in [7, 11) is -3.60. The molecule has 7 heteroatoms. The third kappa shape index (κ3) is 4.13. The molecule has 6 nitrogen and oxygen atoms in total. The second kappa shape index (κ2) is 7.38. The van der Waals surface area contributed by atoms with Gasteiger partial charge in [-0.05, 0) is 26.0 Å². The van der Waals surface area contributed by atoms with Gasteiger partial charge in [-0.2, -0.15) is 0 Å². The predicted molar refractivity (Wildman–Crippen MR) is 70.4 cm³/mol. The summed E-state index contributed by atoms with van der Waals surface area (Å²) in [6.45, 7) is 3.67. The Hall–Kier alpha value is -1.23. The molecule has 0 amide bonds. The Morgan fingerprint density at radius 3 is 2.68 bits per heavy atom. The van der Waals surface area contributed by atoms with Gasteiger partial charge in [-0.1, -0.05) is 6.07 Å². The van der Waals surface area contributed by atoms with Crippen molar-refractivity contribution in [1.82, 2.24) is 4.98 Å². The van der Waals surface area contributed by atoms with Gasteiger partial charge in [0, 0.05) is 6.20 Å². The average molecular weight is 287 g/mol. The minimum Gasteiger partial charge on any atom is -0.466 e. The molecule has 0 aliphatic carbocycles. The third-order valence-electron chi connectivity index (χ3n) is 2.34. The summed E-state index contributed by atoms with van der Waals surface area (Å²) in [5.74, 6) is -2.08. The first kappa shape index (κ1) is 15.8. The molecule has 0 saturated carbocycles.